The lowest BCUT2D eigenvalue weighted by molar-refractivity contribution is -0.144. The number of H-pyrrole nitrogens is 1. The second-order valence-corrected chi connectivity index (χ2v) is 7.49. The van der Waals surface area contributed by atoms with E-state index in [0.29, 0.717) is 25.6 Å². The van der Waals surface area contributed by atoms with Crippen LogP contribution in [0, 0.1) is 12.8 Å². The number of carbonyl (C=O) groups is 1. The number of pyridine rings is 1. The topological polar surface area (TPSA) is 83.1 Å². The minimum absolute atomic E-state index is 0.186. The molecule has 2 aromatic heterocycles. The summed E-state index contributed by atoms with van der Waals surface area (Å²) < 4.78 is 5.94. The molecule has 0 aromatic carbocycles. The van der Waals surface area contributed by atoms with E-state index in [1.54, 1.807) is 0 Å². The molecule has 0 unspecified atom stereocenters. The van der Waals surface area contributed by atoms with Gasteiger partial charge in [-0.2, -0.15) is 5.10 Å². The molecule has 1 atom stereocenters. The molecule has 2 aromatic rings. The lowest BCUT2D eigenvalue weighted by atomic mass is 9.88. The van der Waals surface area contributed by atoms with Crippen molar-refractivity contribution in [3.05, 3.63) is 35.7 Å². The van der Waals surface area contributed by atoms with E-state index in [1.807, 2.05) is 36.1 Å². The van der Waals surface area contributed by atoms with Crippen LogP contribution in [-0.4, -0.2) is 45.7 Å². The highest BCUT2D eigenvalue weighted by Crippen LogP contribution is 2.28. The number of aryl methyl sites for hydroxylation is 1. The molecule has 1 aliphatic heterocycles. The fraction of sp³-hybridized carbons (Fsp3) is 0.550. The van der Waals surface area contributed by atoms with Crippen molar-refractivity contribution in [2.45, 2.75) is 45.1 Å². The van der Waals surface area contributed by atoms with Crippen LogP contribution in [0.1, 0.15) is 49.6 Å². The minimum Gasteiger partial charge on any atom is -0.368 e. The highest BCUT2D eigenvalue weighted by atomic mass is 16.5. The van der Waals surface area contributed by atoms with Crippen molar-refractivity contribution in [1.82, 2.24) is 20.1 Å². The molecule has 144 valence electrons. The number of carbonyl (C=O) groups excluding carboxylic acids is 1. The number of nitrogens with one attached hydrogen (secondary N) is 2. The van der Waals surface area contributed by atoms with Crippen LogP contribution in [0.15, 0.2) is 24.3 Å². The first-order chi connectivity index (χ1) is 13.2. The third-order valence-corrected chi connectivity index (χ3v) is 5.40. The zero-order valence-electron chi connectivity index (χ0n) is 15.8. The molecule has 3 heterocycles. The normalized spacial score (nSPS) is 21.2. The largest absolute Gasteiger partial charge is 0.368 e. The molecular formula is C20H27N5O2. The van der Waals surface area contributed by atoms with Gasteiger partial charge in [0.2, 0.25) is 5.91 Å². The summed E-state index contributed by atoms with van der Waals surface area (Å²) in [7, 11) is 0. The van der Waals surface area contributed by atoms with Crippen LogP contribution in [0.4, 0.5) is 11.6 Å². The Morgan fingerprint density at radius 1 is 1.26 bits per heavy atom. The Balaban J connectivity index is 1.43. The van der Waals surface area contributed by atoms with Crippen LogP contribution in [0.5, 0.6) is 0 Å². The number of amides is 1. The Kier molecular flexibility index (Phi) is 5.38. The third-order valence-electron chi connectivity index (χ3n) is 5.40. The highest BCUT2D eigenvalue weighted by molar-refractivity contribution is 5.79. The number of aromatic nitrogens is 3. The Bertz CT molecular complexity index is 784. The predicted octanol–water partition coefficient (Wildman–Crippen LogP) is 3.34. The van der Waals surface area contributed by atoms with Crippen molar-refractivity contribution in [1.29, 1.82) is 0 Å². The van der Waals surface area contributed by atoms with Crippen LogP contribution in [-0.2, 0) is 9.53 Å². The molecule has 2 fully saturated rings. The minimum atomic E-state index is -0.186. The van der Waals surface area contributed by atoms with Gasteiger partial charge in [-0.25, -0.2) is 4.98 Å². The second kappa shape index (κ2) is 8.08. The number of anilines is 2. The van der Waals surface area contributed by atoms with Gasteiger partial charge in [0.15, 0.2) is 5.82 Å². The SMILES string of the molecule is Cc1cc(Nc2cccc([C@@H]3CN(C(=O)C4CCCCC4)CCO3)n2)n[nH]1. The lowest BCUT2D eigenvalue weighted by Crippen LogP contribution is -2.45. The van der Waals surface area contributed by atoms with Gasteiger partial charge in [-0.05, 0) is 31.9 Å². The molecule has 1 amide bonds. The summed E-state index contributed by atoms with van der Waals surface area (Å²) in [6.07, 6.45) is 5.48. The van der Waals surface area contributed by atoms with Gasteiger partial charge in [-0.1, -0.05) is 25.3 Å². The van der Waals surface area contributed by atoms with Crippen molar-refractivity contribution < 1.29 is 9.53 Å². The zero-order chi connectivity index (χ0) is 18.6. The van der Waals surface area contributed by atoms with E-state index in [0.717, 1.165) is 35.9 Å². The predicted molar refractivity (Wildman–Crippen MR) is 103 cm³/mol. The molecule has 7 nitrogen and oxygen atoms in total. The van der Waals surface area contributed by atoms with Crippen LogP contribution in [0.3, 0.4) is 0 Å². The first-order valence-electron chi connectivity index (χ1n) is 9.85. The highest BCUT2D eigenvalue weighted by Gasteiger charge is 2.31. The summed E-state index contributed by atoms with van der Waals surface area (Å²) >= 11 is 0. The smallest absolute Gasteiger partial charge is 0.225 e. The van der Waals surface area contributed by atoms with E-state index in [4.69, 9.17) is 4.74 Å². The fourth-order valence-corrected chi connectivity index (χ4v) is 3.95. The average Bonchev–Trinajstić information content (AvgIpc) is 3.13. The van der Waals surface area contributed by atoms with Gasteiger partial charge in [0.1, 0.15) is 11.9 Å². The van der Waals surface area contributed by atoms with Crippen molar-refractivity contribution in [3.8, 4) is 0 Å². The maximum Gasteiger partial charge on any atom is 0.225 e. The molecule has 4 rings (SSSR count). The molecular weight excluding hydrogens is 342 g/mol. The molecule has 7 heteroatoms. The molecule has 0 radical (unpaired) electrons. The van der Waals surface area contributed by atoms with Crippen molar-refractivity contribution in [2.75, 3.05) is 25.0 Å². The number of nitrogens with zero attached hydrogens (tertiary/aromatic N) is 3. The van der Waals surface area contributed by atoms with Gasteiger partial charge < -0.3 is 15.0 Å². The molecule has 2 aliphatic rings. The van der Waals surface area contributed by atoms with Gasteiger partial charge in [-0.3, -0.25) is 9.89 Å². The summed E-state index contributed by atoms with van der Waals surface area (Å²) in [6, 6.07) is 7.74. The van der Waals surface area contributed by atoms with Gasteiger partial charge in [0, 0.05) is 24.2 Å². The Morgan fingerprint density at radius 3 is 2.89 bits per heavy atom. The molecule has 0 bridgehead atoms. The van der Waals surface area contributed by atoms with E-state index in [-0.39, 0.29) is 12.0 Å². The molecule has 1 saturated carbocycles. The first-order valence-corrected chi connectivity index (χ1v) is 9.85. The van der Waals surface area contributed by atoms with Crippen LogP contribution in [0.25, 0.3) is 0 Å². The summed E-state index contributed by atoms with van der Waals surface area (Å²) in [5.41, 5.74) is 1.83. The van der Waals surface area contributed by atoms with Gasteiger partial charge >= 0.3 is 0 Å². The number of ether oxygens (including phenoxy) is 1. The van der Waals surface area contributed by atoms with Crippen molar-refractivity contribution in [3.63, 3.8) is 0 Å². The van der Waals surface area contributed by atoms with Gasteiger partial charge in [0.05, 0.1) is 18.8 Å². The van der Waals surface area contributed by atoms with Crippen molar-refractivity contribution in [2.24, 2.45) is 5.92 Å². The molecule has 0 spiro atoms. The Morgan fingerprint density at radius 2 is 2.11 bits per heavy atom. The van der Waals surface area contributed by atoms with E-state index >= 15 is 0 Å². The second-order valence-electron chi connectivity index (χ2n) is 7.49. The standard InChI is InChI=1S/C20H27N5O2/c1-14-12-19(24-23-14)22-18-9-5-8-16(21-18)17-13-25(10-11-27-17)20(26)15-6-3-2-4-7-15/h5,8-9,12,15,17H,2-4,6-7,10-11,13H2,1H3,(H2,21,22,23,24)/t17-/m0/s1. The summed E-state index contributed by atoms with van der Waals surface area (Å²) in [5, 5.41) is 10.3. The number of hydrogen-bond donors (Lipinski definition) is 2. The molecule has 1 aliphatic carbocycles. The van der Waals surface area contributed by atoms with E-state index in [1.165, 1.54) is 19.3 Å². The number of morpholine rings is 1. The monoisotopic (exact) mass is 369 g/mol. The lowest BCUT2D eigenvalue weighted by Gasteiger charge is -2.35. The van der Waals surface area contributed by atoms with Crippen LogP contribution >= 0.6 is 0 Å². The summed E-state index contributed by atoms with van der Waals surface area (Å²) in [5.74, 6) is 1.94. The van der Waals surface area contributed by atoms with Crippen molar-refractivity contribution >= 4 is 17.5 Å². The van der Waals surface area contributed by atoms with Gasteiger partial charge in [0.25, 0.3) is 0 Å². The van der Waals surface area contributed by atoms with Crippen LogP contribution in [0.2, 0.25) is 0 Å². The van der Waals surface area contributed by atoms with Crippen LogP contribution < -0.4 is 5.32 Å². The average molecular weight is 369 g/mol. The number of aromatic amines is 1. The van der Waals surface area contributed by atoms with E-state index in [2.05, 4.69) is 20.5 Å². The summed E-state index contributed by atoms with van der Waals surface area (Å²) in [4.78, 5) is 19.5. The number of rotatable bonds is 4. The quantitative estimate of drug-likeness (QED) is 0.864. The fourth-order valence-electron chi connectivity index (χ4n) is 3.95. The molecule has 27 heavy (non-hydrogen) atoms. The molecule has 1 saturated heterocycles. The summed E-state index contributed by atoms with van der Waals surface area (Å²) in [6.45, 7) is 3.76. The van der Waals surface area contributed by atoms with E-state index in [9.17, 15) is 4.79 Å². The Labute approximate surface area is 159 Å². The maximum atomic E-state index is 12.9. The van der Waals surface area contributed by atoms with Gasteiger partial charge in [-0.15, -0.1) is 0 Å². The maximum absolute atomic E-state index is 12.9. The first kappa shape index (κ1) is 18.0. The van der Waals surface area contributed by atoms with E-state index < -0.39 is 0 Å². The number of hydrogen-bond acceptors (Lipinski definition) is 5. The zero-order valence-corrected chi connectivity index (χ0v) is 15.8. The Hall–Kier alpha value is -2.41. The third kappa shape index (κ3) is 4.30. The molecule has 2 N–H and O–H groups in total.